The average molecular weight is 341 g/mol. The van der Waals surface area contributed by atoms with E-state index in [1.54, 1.807) is 6.92 Å². The molecule has 2 rings (SSSR count). The quantitative estimate of drug-likeness (QED) is 0.709. The van der Waals surface area contributed by atoms with Gasteiger partial charge in [-0.1, -0.05) is 5.21 Å². The van der Waals surface area contributed by atoms with Crippen molar-refractivity contribution < 1.29 is 13.2 Å². The van der Waals surface area contributed by atoms with Crippen LogP contribution in [-0.4, -0.2) is 51.9 Å². The van der Waals surface area contributed by atoms with E-state index in [1.165, 1.54) is 15.6 Å². The van der Waals surface area contributed by atoms with Crippen LogP contribution in [0.1, 0.15) is 21.7 Å². The summed E-state index contributed by atoms with van der Waals surface area (Å²) >= 11 is 0. The molecule has 10 nitrogen and oxygen atoms in total. The summed E-state index contributed by atoms with van der Waals surface area (Å²) in [5.74, 6) is -0.248. The van der Waals surface area contributed by atoms with Crippen molar-refractivity contribution in [3.8, 4) is 0 Å². The number of carbonyl (C=O) groups is 1. The van der Waals surface area contributed by atoms with Crippen LogP contribution in [0.5, 0.6) is 0 Å². The standard InChI is InChI=1S/C12H19N7O3S/c1-8-10(4-5-13)9(2)19(15-8)12(20)7-18-6-11(14-17-18)16-23(3,21)22/h6,16H,4-5,7,13H2,1-3H3. The Balaban J connectivity index is 2.15. The van der Waals surface area contributed by atoms with Crippen molar-refractivity contribution in [3.63, 3.8) is 0 Å². The first-order chi connectivity index (χ1) is 10.7. The van der Waals surface area contributed by atoms with Crippen LogP contribution in [0.25, 0.3) is 0 Å². The molecule has 0 bridgehead atoms. The van der Waals surface area contributed by atoms with Crippen LogP contribution in [0.15, 0.2) is 6.20 Å². The molecular weight excluding hydrogens is 322 g/mol. The van der Waals surface area contributed by atoms with Crippen molar-refractivity contribution in [2.24, 2.45) is 5.73 Å². The Morgan fingerprint density at radius 3 is 2.70 bits per heavy atom. The van der Waals surface area contributed by atoms with Crippen molar-refractivity contribution in [3.05, 3.63) is 23.1 Å². The minimum Gasteiger partial charge on any atom is -0.330 e. The fraction of sp³-hybridized carbons (Fsp3) is 0.500. The summed E-state index contributed by atoms with van der Waals surface area (Å²) in [6, 6.07) is 0. The monoisotopic (exact) mass is 341 g/mol. The molecular formula is C12H19N7O3S. The highest BCUT2D eigenvalue weighted by Crippen LogP contribution is 2.13. The second kappa shape index (κ2) is 6.46. The lowest BCUT2D eigenvalue weighted by atomic mass is 10.1. The molecule has 2 aromatic heterocycles. The van der Waals surface area contributed by atoms with E-state index in [1.807, 2.05) is 6.92 Å². The molecule has 0 unspecified atom stereocenters. The first kappa shape index (κ1) is 17.1. The topological polar surface area (TPSA) is 138 Å². The van der Waals surface area contributed by atoms with Crippen LogP contribution in [0.3, 0.4) is 0 Å². The lowest BCUT2D eigenvalue weighted by Gasteiger charge is -2.04. The van der Waals surface area contributed by atoms with Gasteiger partial charge in [0, 0.05) is 5.69 Å². The van der Waals surface area contributed by atoms with Crippen molar-refractivity contribution in [1.82, 2.24) is 24.8 Å². The van der Waals surface area contributed by atoms with Gasteiger partial charge in [-0.2, -0.15) is 5.10 Å². The van der Waals surface area contributed by atoms with Crippen LogP contribution in [0, 0.1) is 13.8 Å². The number of aromatic nitrogens is 5. The molecule has 0 atom stereocenters. The van der Waals surface area contributed by atoms with Gasteiger partial charge in [0.1, 0.15) is 6.54 Å². The molecule has 0 aromatic carbocycles. The van der Waals surface area contributed by atoms with Crippen molar-refractivity contribution >= 4 is 21.7 Å². The van der Waals surface area contributed by atoms with Crippen LogP contribution in [0.2, 0.25) is 0 Å². The second-order valence-corrected chi connectivity index (χ2v) is 6.92. The summed E-state index contributed by atoms with van der Waals surface area (Å²) in [6.45, 7) is 4.00. The number of hydrogen-bond acceptors (Lipinski definition) is 7. The molecule has 11 heteroatoms. The fourth-order valence-corrected chi connectivity index (χ4v) is 2.72. The van der Waals surface area contributed by atoms with Crippen LogP contribution in [-0.2, 0) is 23.0 Å². The molecule has 2 heterocycles. The highest BCUT2D eigenvalue weighted by Gasteiger charge is 2.17. The summed E-state index contributed by atoms with van der Waals surface area (Å²) in [4.78, 5) is 12.3. The number of nitrogens with two attached hydrogens (primary N) is 1. The van der Waals surface area contributed by atoms with E-state index >= 15 is 0 Å². The zero-order valence-corrected chi connectivity index (χ0v) is 14.0. The molecule has 0 fully saturated rings. The smallest absolute Gasteiger partial charge is 0.268 e. The minimum absolute atomic E-state index is 0.0532. The van der Waals surface area contributed by atoms with Gasteiger partial charge in [-0.3, -0.25) is 9.52 Å². The van der Waals surface area contributed by atoms with Gasteiger partial charge in [0.2, 0.25) is 10.0 Å². The summed E-state index contributed by atoms with van der Waals surface area (Å²) in [7, 11) is -3.44. The number of nitrogens with one attached hydrogen (secondary N) is 1. The van der Waals surface area contributed by atoms with E-state index in [9.17, 15) is 13.2 Å². The molecule has 0 saturated heterocycles. The number of aryl methyl sites for hydroxylation is 1. The van der Waals surface area contributed by atoms with Gasteiger partial charge in [0.05, 0.1) is 18.1 Å². The molecule has 3 N–H and O–H groups in total. The van der Waals surface area contributed by atoms with Gasteiger partial charge >= 0.3 is 0 Å². The highest BCUT2D eigenvalue weighted by atomic mass is 32.2. The van der Waals surface area contributed by atoms with Gasteiger partial charge in [0.25, 0.3) is 5.91 Å². The van der Waals surface area contributed by atoms with Crippen molar-refractivity contribution in [1.29, 1.82) is 0 Å². The maximum absolute atomic E-state index is 12.3. The van der Waals surface area contributed by atoms with E-state index in [2.05, 4.69) is 20.1 Å². The van der Waals surface area contributed by atoms with Gasteiger partial charge in [-0.05, 0) is 32.4 Å². The molecule has 2 aromatic rings. The third-order valence-electron chi connectivity index (χ3n) is 3.20. The van der Waals surface area contributed by atoms with E-state index < -0.39 is 10.0 Å². The summed E-state index contributed by atoms with van der Waals surface area (Å²) in [6.07, 6.45) is 2.99. The number of anilines is 1. The number of nitrogens with zero attached hydrogens (tertiary/aromatic N) is 5. The van der Waals surface area contributed by atoms with Crippen molar-refractivity contribution in [2.45, 2.75) is 26.8 Å². The molecule has 0 aliphatic rings. The number of hydrogen-bond donors (Lipinski definition) is 2. The first-order valence-electron chi connectivity index (χ1n) is 6.87. The van der Waals surface area contributed by atoms with E-state index in [0.29, 0.717) is 13.0 Å². The van der Waals surface area contributed by atoms with Crippen LogP contribution in [0.4, 0.5) is 5.82 Å². The van der Waals surface area contributed by atoms with Crippen molar-refractivity contribution in [2.75, 3.05) is 17.5 Å². The zero-order valence-electron chi connectivity index (χ0n) is 13.1. The summed E-state index contributed by atoms with van der Waals surface area (Å²) < 4.78 is 27.0. The Bertz CT molecular complexity index is 822. The maximum atomic E-state index is 12.3. The molecule has 126 valence electrons. The zero-order chi connectivity index (χ0) is 17.2. The predicted octanol–water partition coefficient (Wildman–Crippen LogP) is -0.695. The lowest BCUT2D eigenvalue weighted by Crippen LogP contribution is -2.21. The Hall–Kier alpha value is -2.27. The first-order valence-corrected chi connectivity index (χ1v) is 8.76. The second-order valence-electron chi connectivity index (χ2n) is 5.17. The van der Waals surface area contributed by atoms with Crippen LogP contribution >= 0.6 is 0 Å². The largest absolute Gasteiger partial charge is 0.330 e. The van der Waals surface area contributed by atoms with Gasteiger partial charge in [-0.15, -0.1) is 5.10 Å². The van der Waals surface area contributed by atoms with E-state index in [4.69, 9.17) is 5.73 Å². The molecule has 0 aliphatic carbocycles. The third-order valence-corrected chi connectivity index (χ3v) is 3.78. The highest BCUT2D eigenvalue weighted by molar-refractivity contribution is 7.92. The summed E-state index contributed by atoms with van der Waals surface area (Å²) in [5, 5.41) is 11.6. The number of sulfonamides is 1. The summed E-state index contributed by atoms with van der Waals surface area (Å²) in [5.41, 5.74) is 8.02. The molecule has 0 aliphatic heterocycles. The maximum Gasteiger partial charge on any atom is 0.268 e. The average Bonchev–Trinajstić information content (AvgIpc) is 2.96. The van der Waals surface area contributed by atoms with E-state index in [-0.39, 0.29) is 18.3 Å². The third kappa shape index (κ3) is 4.13. The Morgan fingerprint density at radius 2 is 2.09 bits per heavy atom. The normalized spacial score (nSPS) is 11.7. The van der Waals surface area contributed by atoms with Crippen LogP contribution < -0.4 is 10.5 Å². The predicted molar refractivity (Wildman–Crippen MR) is 83.6 cm³/mol. The fourth-order valence-electron chi connectivity index (χ4n) is 2.24. The van der Waals surface area contributed by atoms with Gasteiger partial charge in [-0.25, -0.2) is 17.8 Å². The van der Waals surface area contributed by atoms with Gasteiger partial charge in [0.15, 0.2) is 5.82 Å². The molecule has 0 saturated carbocycles. The lowest BCUT2D eigenvalue weighted by molar-refractivity contribution is 0.0866. The number of rotatable bonds is 6. The SMILES string of the molecule is Cc1nn(C(=O)Cn2cc(NS(C)(=O)=O)nn2)c(C)c1CCN. The molecule has 0 amide bonds. The molecule has 0 radical (unpaired) electrons. The van der Waals surface area contributed by atoms with Gasteiger partial charge < -0.3 is 5.73 Å². The Kier molecular flexibility index (Phi) is 4.80. The van der Waals surface area contributed by atoms with E-state index in [0.717, 1.165) is 23.2 Å². The number of carbonyl (C=O) groups excluding carboxylic acids is 1. The molecule has 0 spiro atoms. The Morgan fingerprint density at radius 1 is 1.39 bits per heavy atom. The minimum atomic E-state index is -3.44. The molecule has 23 heavy (non-hydrogen) atoms. The Labute approximate surface area is 133 Å².